The van der Waals surface area contributed by atoms with E-state index in [-0.39, 0.29) is 6.04 Å². The molecule has 0 bridgehead atoms. The normalized spacial score (nSPS) is 15.0. The van der Waals surface area contributed by atoms with Gasteiger partial charge in [-0.1, -0.05) is 78.2 Å². The minimum atomic E-state index is 0.178. The number of anilines is 1. The maximum Gasteiger partial charge on any atom is 0.229 e. The second-order valence-corrected chi connectivity index (χ2v) is 10.3. The van der Waals surface area contributed by atoms with Crippen LogP contribution in [0.2, 0.25) is 5.02 Å². The Balaban J connectivity index is 1.39. The van der Waals surface area contributed by atoms with E-state index in [2.05, 4.69) is 41.4 Å². The van der Waals surface area contributed by atoms with Crippen molar-refractivity contribution in [3.8, 4) is 22.8 Å². The summed E-state index contributed by atoms with van der Waals surface area (Å²) < 4.78 is 6.26. The van der Waals surface area contributed by atoms with Crippen molar-refractivity contribution in [2.75, 3.05) is 25.0 Å². The lowest BCUT2D eigenvalue weighted by Gasteiger charge is -2.35. The van der Waals surface area contributed by atoms with E-state index in [9.17, 15) is 0 Å². The summed E-state index contributed by atoms with van der Waals surface area (Å²) in [6.45, 7) is 4.89. The number of nitrogens with one attached hydrogen (secondary N) is 1. The van der Waals surface area contributed by atoms with Gasteiger partial charge in [-0.2, -0.15) is 4.98 Å². The lowest BCUT2D eigenvalue weighted by Crippen LogP contribution is -2.37. The number of piperidine rings is 1. The van der Waals surface area contributed by atoms with Gasteiger partial charge in [0.1, 0.15) is 0 Å². The molecule has 5 aromatic rings. The summed E-state index contributed by atoms with van der Waals surface area (Å²) in [7, 11) is 0. The van der Waals surface area contributed by atoms with Crippen molar-refractivity contribution in [2.24, 2.45) is 0 Å². The van der Waals surface area contributed by atoms with Crippen LogP contribution >= 0.6 is 11.6 Å². The van der Waals surface area contributed by atoms with Gasteiger partial charge in [0.05, 0.1) is 6.04 Å². The summed E-state index contributed by atoms with van der Waals surface area (Å²) in [4.78, 5) is 17.0. The molecule has 0 aliphatic carbocycles. The fourth-order valence-electron chi connectivity index (χ4n) is 5.05. The molecule has 1 saturated heterocycles. The van der Waals surface area contributed by atoms with Crippen LogP contribution in [-0.4, -0.2) is 39.5 Å². The van der Waals surface area contributed by atoms with E-state index in [1.165, 1.54) is 30.4 Å². The predicted octanol–water partition coefficient (Wildman–Crippen LogP) is 7.55. The van der Waals surface area contributed by atoms with Crippen molar-refractivity contribution < 1.29 is 4.42 Å². The average molecular weight is 524 g/mol. The first-order valence-corrected chi connectivity index (χ1v) is 13.6. The molecule has 0 amide bonds. The van der Waals surface area contributed by atoms with Gasteiger partial charge in [0, 0.05) is 22.7 Å². The third-order valence-electron chi connectivity index (χ3n) is 7.13. The highest BCUT2D eigenvalue weighted by atomic mass is 35.5. The van der Waals surface area contributed by atoms with Gasteiger partial charge in [-0.3, -0.25) is 4.90 Å². The molecule has 1 aliphatic heterocycles. The topological polar surface area (TPSA) is 67.1 Å². The number of aromatic nitrogens is 3. The van der Waals surface area contributed by atoms with Crippen LogP contribution in [0.4, 0.5) is 5.82 Å². The Hall–Kier alpha value is -3.74. The molecule has 1 aliphatic rings. The molecule has 1 fully saturated rings. The fraction of sp³-hybridized carbons (Fsp3) is 0.258. The van der Waals surface area contributed by atoms with Crippen LogP contribution in [0.1, 0.15) is 36.4 Å². The van der Waals surface area contributed by atoms with Gasteiger partial charge in [-0.15, -0.1) is 0 Å². The van der Waals surface area contributed by atoms with Crippen molar-refractivity contribution in [2.45, 2.75) is 32.2 Å². The van der Waals surface area contributed by atoms with Crippen LogP contribution in [0.25, 0.3) is 34.1 Å². The summed E-state index contributed by atoms with van der Waals surface area (Å²) >= 11 is 6.21. The minimum absolute atomic E-state index is 0.178. The highest BCUT2D eigenvalue weighted by molar-refractivity contribution is 6.30. The third-order valence-corrected chi connectivity index (χ3v) is 7.39. The SMILES string of the molecule is Cc1ccc(-c2nc(NCC(c3ccc(Cl)cc3)N3CCCCC3)c3oc(-c4ccccc4)nc3n2)cc1. The van der Waals surface area contributed by atoms with Crippen LogP contribution in [-0.2, 0) is 0 Å². The van der Waals surface area contributed by atoms with E-state index >= 15 is 0 Å². The number of rotatable bonds is 7. The van der Waals surface area contributed by atoms with Gasteiger partial charge in [0.15, 0.2) is 11.6 Å². The van der Waals surface area contributed by atoms with Gasteiger partial charge in [-0.05, 0) is 62.7 Å². The molecule has 1 unspecified atom stereocenters. The Morgan fingerprint density at radius 1 is 0.842 bits per heavy atom. The molecule has 192 valence electrons. The Bertz CT molecular complexity index is 1510. The number of halogens is 1. The molecule has 0 spiro atoms. The molecule has 2 aromatic heterocycles. The Morgan fingerprint density at radius 2 is 1.58 bits per heavy atom. The van der Waals surface area contributed by atoms with Gasteiger partial charge < -0.3 is 9.73 Å². The second-order valence-electron chi connectivity index (χ2n) is 9.84. The average Bonchev–Trinajstić information content (AvgIpc) is 3.40. The minimum Gasteiger partial charge on any atom is -0.430 e. The quantitative estimate of drug-likeness (QED) is 0.237. The summed E-state index contributed by atoms with van der Waals surface area (Å²) in [6, 6.07) is 26.5. The van der Waals surface area contributed by atoms with Crippen molar-refractivity contribution in [1.29, 1.82) is 0 Å². The van der Waals surface area contributed by atoms with E-state index in [1.807, 2.05) is 54.6 Å². The number of benzene rings is 3. The molecule has 3 aromatic carbocycles. The van der Waals surface area contributed by atoms with Crippen LogP contribution in [0.15, 0.2) is 83.3 Å². The van der Waals surface area contributed by atoms with Gasteiger partial charge in [0.25, 0.3) is 0 Å². The highest BCUT2D eigenvalue weighted by Gasteiger charge is 2.24. The Morgan fingerprint density at radius 3 is 2.32 bits per heavy atom. The zero-order chi connectivity index (χ0) is 25.9. The van der Waals surface area contributed by atoms with Crippen LogP contribution in [0.5, 0.6) is 0 Å². The molecule has 0 radical (unpaired) electrons. The maximum atomic E-state index is 6.26. The van der Waals surface area contributed by atoms with Crippen LogP contribution < -0.4 is 5.32 Å². The molecule has 1 N–H and O–H groups in total. The monoisotopic (exact) mass is 523 g/mol. The van der Waals surface area contributed by atoms with Crippen LogP contribution in [0.3, 0.4) is 0 Å². The first-order valence-electron chi connectivity index (χ1n) is 13.2. The molecule has 1 atom stereocenters. The molecule has 6 rings (SSSR count). The maximum absolute atomic E-state index is 6.26. The predicted molar refractivity (Wildman–Crippen MR) is 153 cm³/mol. The molecule has 3 heterocycles. The first kappa shape index (κ1) is 24.6. The van der Waals surface area contributed by atoms with Crippen molar-refractivity contribution in [1.82, 2.24) is 19.9 Å². The molecular weight excluding hydrogens is 494 g/mol. The van der Waals surface area contributed by atoms with E-state index < -0.39 is 0 Å². The standard InChI is InChI=1S/C31H30ClN5O/c1-21-10-12-23(13-11-21)28-34-29(27-30(35-28)36-31(38-27)24-8-4-2-5-9-24)33-20-26(37-18-6-3-7-19-37)22-14-16-25(32)17-15-22/h2,4-5,8-17,26H,3,6-7,18-20H2,1H3,(H,33,34,35). The van der Waals surface area contributed by atoms with Crippen molar-refractivity contribution in [3.05, 3.63) is 95.0 Å². The number of fused-ring (bicyclic) bond motifs is 1. The fourth-order valence-corrected chi connectivity index (χ4v) is 5.17. The van der Waals surface area contributed by atoms with Gasteiger partial charge in [-0.25, -0.2) is 9.97 Å². The number of hydrogen-bond acceptors (Lipinski definition) is 6. The summed E-state index contributed by atoms with van der Waals surface area (Å²) in [6.07, 6.45) is 3.70. The molecule has 38 heavy (non-hydrogen) atoms. The van der Waals surface area contributed by atoms with E-state index in [0.717, 1.165) is 29.2 Å². The Kier molecular flexibility index (Phi) is 7.08. The number of likely N-dealkylation sites (tertiary alicyclic amines) is 1. The molecule has 6 nitrogen and oxygen atoms in total. The Labute approximate surface area is 227 Å². The number of aryl methyl sites for hydroxylation is 1. The summed E-state index contributed by atoms with van der Waals surface area (Å²) in [5.41, 5.74) is 5.37. The van der Waals surface area contributed by atoms with Crippen molar-refractivity contribution in [3.63, 3.8) is 0 Å². The largest absolute Gasteiger partial charge is 0.430 e. The lowest BCUT2D eigenvalue weighted by atomic mass is 10.0. The summed E-state index contributed by atoms with van der Waals surface area (Å²) in [5, 5.41) is 4.37. The first-order chi connectivity index (χ1) is 18.6. The highest BCUT2D eigenvalue weighted by Crippen LogP contribution is 2.32. The van der Waals surface area contributed by atoms with E-state index in [4.69, 9.17) is 31.0 Å². The number of nitrogens with zero attached hydrogens (tertiary/aromatic N) is 4. The second kappa shape index (κ2) is 10.9. The molecule has 7 heteroatoms. The summed E-state index contributed by atoms with van der Waals surface area (Å²) in [5.74, 6) is 1.80. The van der Waals surface area contributed by atoms with Crippen LogP contribution in [0, 0.1) is 6.92 Å². The third kappa shape index (κ3) is 5.28. The smallest absolute Gasteiger partial charge is 0.229 e. The number of hydrogen-bond donors (Lipinski definition) is 1. The molecular formula is C31H30ClN5O. The van der Waals surface area contributed by atoms with E-state index in [1.54, 1.807) is 0 Å². The van der Waals surface area contributed by atoms with E-state index in [0.29, 0.717) is 35.3 Å². The van der Waals surface area contributed by atoms with Gasteiger partial charge >= 0.3 is 0 Å². The van der Waals surface area contributed by atoms with Gasteiger partial charge in [0.2, 0.25) is 17.1 Å². The van der Waals surface area contributed by atoms with Crippen molar-refractivity contribution >= 4 is 28.6 Å². The molecule has 0 saturated carbocycles. The number of oxazole rings is 1. The lowest BCUT2D eigenvalue weighted by molar-refractivity contribution is 0.170. The zero-order valence-corrected chi connectivity index (χ0v) is 22.2. The zero-order valence-electron chi connectivity index (χ0n) is 21.4.